The fourth-order valence-corrected chi connectivity index (χ4v) is 2.84. The molecule has 1 aromatic carbocycles. The number of benzene rings is 1. The van der Waals surface area contributed by atoms with Crippen molar-refractivity contribution in [1.82, 2.24) is 4.90 Å². The minimum absolute atomic E-state index is 0.0342. The van der Waals surface area contributed by atoms with Crippen molar-refractivity contribution in [1.29, 1.82) is 0 Å². The van der Waals surface area contributed by atoms with E-state index in [-0.39, 0.29) is 23.5 Å². The van der Waals surface area contributed by atoms with Crippen molar-refractivity contribution in [2.45, 2.75) is 32.2 Å². The summed E-state index contributed by atoms with van der Waals surface area (Å²) in [6.07, 6.45) is 2.15. The quantitative estimate of drug-likeness (QED) is 0.929. The lowest BCUT2D eigenvalue weighted by molar-refractivity contribution is -0.117. The van der Waals surface area contributed by atoms with Crippen molar-refractivity contribution in [3.8, 4) is 5.75 Å². The number of ketones is 1. The number of hydrogen-bond acceptors (Lipinski definition) is 3. The van der Waals surface area contributed by atoms with Crippen molar-refractivity contribution in [3.05, 3.63) is 28.2 Å². The molecular weight excluding hydrogens is 310 g/mol. The Bertz CT molecular complexity index is 515. The fourth-order valence-electron chi connectivity index (χ4n) is 2.49. The predicted molar refractivity (Wildman–Crippen MR) is 75.2 cm³/mol. The number of phenols is 1. The average Bonchev–Trinajstić information content (AvgIpc) is 2.75. The van der Waals surface area contributed by atoms with Gasteiger partial charge in [-0.1, -0.05) is 15.9 Å². The van der Waals surface area contributed by atoms with E-state index in [1.807, 2.05) is 0 Å². The molecule has 2 rings (SSSR count). The number of halogens is 1. The van der Waals surface area contributed by atoms with E-state index in [2.05, 4.69) is 15.9 Å². The van der Waals surface area contributed by atoms with Crippen molar-refractivity contribution < 1.29 is 14.7 Å². The van der Waals surface area contributed by atoms with Gasteiger partial charge in [-0.15, -0.1) is 0 Å². The molecule has 1 fully saturated rings. The minimum atomic E-state index is -0.200. The van der Waals surface area contributed by atoms with Gasteiger partial charge >= 0.3 is 0 Å². The summed E-state index contributed by atoms with van der Waals surface area (Å²) in [4.78, 5) is 25.3. The molecule has 102 valence electrons. The van der Waals surface area contributed by atoms with E-state index in [4.69, 9.17) is 0 Å². The van der Waals surface area contributed by atoms with Gasteiger partial charge in [-0.05, 0) is 38.0 Å². The SMILES string of the molecule is CC(=O)CC1CCCN1C(=O)c1ccc(Br)cc1O. The van der Waals surface area contributed by atoms with E-state index in [0.29, 0.717) is 18.5 Å². The number of carbonyl (C=O) groups excluding carboxylic acids is 2. The third-order valence-corrected chi connectivity index (χ3v) is 3.84. The highest BCUT2D eigenvalue weighted by Crippen LogP contribution is 2.28. The molecular formula is C14H16BrNO3. The average molecular weight is 326 g/mol. The van der Waals surface area contributed by atoms with Crippen LogP contribution in [0.3, 0.4) is 0 Å². The van der Waals surface area contributed by atoms with Gasteiger partial charge in [0.1, 0.15) is 11.5 Å². The van der Waals surface area contributed by atoms with E-state index in [1.54, 1.807) is 17.0 Å². The Morgan fingerprint density at radius 2 is 2.21 bits per heavy atom. The third-order valence-electron chi connectivity index (χ3n) is 3.35. The Morgan fingerprint density at radius 1 is 1.47 bits per heavy atom. The van der Waals surface area contributed by atoms with Gasteiger partial charge in [0, 0.05) is 23.5 Å². The van der Waals surface area contributed by atoms with Crippen LogP contribution in [0.15, 0.2) is 22.7 Å². The number of hydrogen-bond donors (Lipinski definition) is 1. The second-order valence-corrected chi connectivity index (χ2v) is 5.78. The number of aromatic hydroxyl groups is 1. The van der Waals surface area contributed by atoms with Crippen LogP contribution in [0.5, 0.6) is 5.75 Å². The Balaban J connectivity index is 2.20. The summed E-state index contributed by atoms with van der Waals surface area (Å²) in [6.45, 7) is 2.18. The molecule has 1 N–H and O–H groups in total. The monoisotopic (exact) mass is 325 g/mol. The summed E-state index contributed by atoms with van der Waals surface area (Å²) in [6, 6.07) is 4.80. The van der Waals surface area contributed by atoms with Gasteiger partial charge in [0.05, 0.1) is 5.56 Å². The second kappa shape index (κ2) is 5.74. The molecule has 0 bridgehead atoms. The van der Waals surface area contributed by atoms with Gasteiger partial charge in [0.25, 0.3) is 5.91 Å². The highest BCUT2D eigenvalue weighted by atomic mass is 79.9. The first kappa shape index (κ1) is 14.1. The van der Waals surface area contributed by atoms with E-state index in [1.165, 1.54) is 13.0 Å². The summed E-state index contributed by atoms with van der Waals surface area (Å²) >= 11 is 3.24. The highest BCUT2D eigenvalue weighted by Gasteiger charge is 2.31. The highest BCUT2D eigenvalue weighted by molar-refractivity contribution is 9.10. The van der Waals surface area contributed by atoms with Crippen molar-refractivity contribution in [2.75, 3.05) is 6.54 Å². The first-order chi connectivity index (χ1) is 8.99. The van der Waals surface area contributed by atoms with Crippen LogP contribution in [-0.2, 0) is 4.79 Å². The topological polar surface area (TPSA) is 57.6 Å². The van der Waals surface area contributed by atoms with E-state index in [9.17, 15) is 14.7 Å². The Labute approximate surface area is 120 Å². The zero-order valence-electron chi connectivity index (χ0n) is 10.7. The minimum Gasteiger partial charge on any atom is -0.507 e. The van der Waals surface area contributed by atoms with Gasteiger partial charge in [0.2, 0.25) is 0 Å². The molecule has 1 unspecified atom stereocenters. The first-order valence-corrected chi connectivity index (χ1v) is 7.07. The number of Topliss-reactive ketones (excluding diaryl/α,β-unsaturated/α-hetero) is 1. The number of rotatable bonds is 3. The van der Waals surface area contributed by atoms with E-state index in [0.717, 1.165) is 17.3 Å². The Kier molecular flexibility index (Phi) is 4.24. The standard InChI is InChI=1S/C14H16BrNO3/c1-9(17)7-11-3-2-6-16(11)14(19)12-5-4-10(15)8-13(12)18/h4-5,8,11,18H,2-3,6-7H2,1H3. The number of phenolic OH excluding ortho intramolecular Hbond substituents is 1. The number of likely N-dealkylation sites (tertiary alicyclic amines) is 1. The maximum atomic E-state index is 12.4. The van der Waals surface area contributed by atoms with Gasteiger partial charge < -0.3 is 10.0 Å². The van der Waals surface area contributed by atoms with Crippen LogP contribution in [0.1, 0.15) is 36.5 Å². The summed E-state index contributed by atoms with van der Waals surface area (Å²) in [7, 11) is 0. The third kappa shape index (κ3) is 3.15. The lowest BCUT2D eigenvalue weighted by atomic mass is 10.1. The van der Waals surface area contributed by atoms with Crippen LogP contribution < -0.4 is 0 Å². The number of amides is 1. The number of carbonyl (C=O) groups is 2. The summed E-state index contributed by atoms with van der Waals surface area (Å²) in [5.41, 5.74) is 0.290. The lowest BCUT2D eigenvalue weighted by Crippen LogP contribution is -2.36. The van der Waals surface area contributed by atoms with Crippen LogP contribution in [-0.4, -0.2) is 34.3 Å². The summed E-state index contributed by atoms with van der Waals surface area (Å²) in [5, 5.41) is 9.85. The van der Waals surface area contributed by atoms with Crippen LogP contribution in [0, 0.1) is 0 Å². The summed E-state index contributed by atoms with van der Waals surface area (Å²) in [5.74, 6) is -0.147. The van der Waals surface area contributed by atoms with Crippen molar-refractivity contribution >= 4 is 27.6 Å². The molecule has 1 amide bonds. The fraction of sp³-hybridized carbons (Fsp3) is 0.429. The van der Waals surface area contributed by atoms with Crippen LogP contribution in [0.25, 0.3) is 0 Å². The largest absolute Gasteiger partial charge is 0.507 e. The molecule has 0 spiro atoms. The van der Waals surface area contributed by atoms with Crippen molar-refractivity contribution in [3.63, 3.8) is 0 Å². The molecule has 0 aliphatic carbocycles. The van der Waals surface area contributed by atoms with Crippen LogP contribution in [0.2, 0.25) is 0 Å². The first-order valence-electron chi connectivity index (χ1n) is 6.28. The van der Waals surface area contributed by atoms with Crippen molar-refractivity contribution in [2.24, 2.45) is 0 Å². The Morgan fingerprint density at radius 3 is 2.84 bits per heavy atom. The molecule has 1 heterocycles. The zero-order chi connectivity index (χ0) is 14.0. The molecule has 19 heavy (non-hydrogen) atoms. The molecule has 1 saturated heterocycles. The zero-order valence-corrected chi connectivity index (χ0v) is 12.3. The molecule has 1 aliphatic heterocycles. The molecule has 0 saturated carbocycles. The molecule has 0 radical (unpaired) electrons. The normalized spacial score (nSPS) is 18.6. The predicted octanol–water partition coefficient (Wildman–Crippen LogP) is 2.74. The van der Waals surface area contributed by atoms with Gasteiger partial charge in [0.15, 0.2) is 0 Å². The molecule has 1 atom stereocenters. The molecule has 0 aromatic heterocycles. The van der Waals surface area contributed by atoms with E-state index < -0.39 is 0 Å². The molecule has 1 aliphatic rings. The maximum absolute atomic E-state index is 12.4. The van der Waals surface area contributed by atoms with E-state index >= 15 is 0 Å². The van der Waals surface area contributed by atoms with Crippen LogP contribution in [0.4, 0.5) is 0 Å². The Hall–Kier alpha value is -1.36. The molecule has 5 heteroatoms. The summed E-state index contributed by atoms with van der Waals surface area (Å²) < 4.78 is 0.725. The van der Waals surface area contributed by atoms with Crippen LogP contribution >= 0.6 is 15.9 Å². The second-order valence-electron chi connectivity index (χ2n) is 4.86. The smallest absolute Gasteiger partial charge is 0.257 e. The van der Waals surface area contributed by atoms with Gasteiger partial charge in [-0.3, -0.25) is 9.59 Å². The maximum Gasteiger partial charge on any atom is 0.257 e. The number of nitrogens with zero attached hydrogens (tertiary/aromatic N) is 1. The lowest BCUT2D eigenvalue weighted by Gasteiger charge is -2.24. The van der Waals surface area contributed by atoms with Gasteiger partial charge in [-0.25, -0.2) is 0 Å². The van der Waals surface area contributed by atoms with Gasteiger partial charge in [-0.2, -0.15) is 0 Å². The molecule has 4 nitrogen and oxygen atoms in total. The molecule has 1 aromatic rings.